The van der Waals surface area contributed by atoms with E-state index in [2.05, 4.69) is 36.4 Å². The summed E-state index contributed by atoms with van der Waals surface area (Å²) in [6, 6.07) is 4.90. The fourth-order valence-corrected chi connectivity index (χ4v) is 1.51. The van der Waals surface area contributed by atoms with Crippen molar-refractivity contribution in [2.24, 2.45) is 0 Å². The lowest BCUT2D eigenvalue weighted by molar-refractivity contribution is 0.387. The normalized spacial score (nSPS) is 12.8. The summed E-state index contributed by atoms with van der Waals surface area (Å²) in [5.41, 5.74) is 1.09. The predicted molar refractivity (Wildman–Crippen MR) is 70.2 cm³/mol. The molecule has 2 N–H and O–H groups in total. The van der Waals surface area contributed by atoms with Gasteiger partial charge < -0.3 is 15.4 Å². The van der Waals surface area contributed by atoms with Gasteiger partial charge >= 0.3 is 0 Å². The van der Waals surface area contributed by atoms with Gasteiger partial charge in [0.15, 0.2) is 0 Å². The van der Waals surface area contributed by atoms with Gasteiger partial charge in [0.2, 0.25) is 5.88 Å². The van der Waals surface area contributed by atoms with Gasteiger partial charge in [0.05, 0.1) is 7.11 Å². The Kier molecular flexibility index (Phi) is 5.94. The third kappa shape index (κ3) is 5.15. The Morgan fingerprint density at radius 3 is 2.71 bits per heavy atom. The second-order valence-corrected chi connectivity index (χ2v) is 4.52. The van der Waals surface area contributed by atoms with Gasteiger partial charge in [-0.2, -0.15) is 0 Å². The minimum Gasteiger partial charge on any atom is -0.481 e. The van der Waals surface area contributed by atoms with Crippen molar-refractivity contribution in [2.75, 3.05) is 13.7 Å². The van der Waals surface area contributed by atoms with Crippen molar-refractivity contribution in [2.45, 2.75) is 39.4 Å². The number of hydrogen-bond acceptors (Lipinski definition) is 4. The zero-order valence-electron chi connectivity index (χ0n) is 11.2. The van der Waals surface area contributed by atoms with Crippen LogP contribution in [0.3, 0.4) is 0 Å². The van der Waals surface area contributed by atoms with Gasteiger partial charge in [0, 0.05) is 36.9 Å². The Morgan fingerprint density at radius 1 is 1.29 bits per heavy atom. The highest BCUT2D eigenvalue weighted by molar-refractivity contribution is 5.25. The molecule has 0 amide bonds. The van der Waals surface area contributed by atoms with Gasteiger partial charge in [0.1, 0.15) is 0 Å². The molecule has 0 fully saturated rings. The first-order chi connectivity index (χ1) is 8.13. The van der Waals surface area contributed by atoms with Crippen LogP contribution in [0.5, 0.6) is 5.88 Å². The second kappa shape index (κ2) is 7.25. The predicted octanol–water partition coefficient (Wildman–Crippen LogP) is 1.57. The minimum absolute atomic E-state index is 0.419. The molecule has 1 aromatic heterocycles. The summed E-state index contributed by atoms with van der Waals surface area (Å²) in [6.07, 6.45) is 1.74. The van der Waals surface area contributed by atoms with E-state index in [4.69, 9.17) is 4.74 Å². The molecule has 4 heteroatoms. The van der Waals surface area contributed by atoms with Gasteiger partial charge in [-0.1, -0.05) is 19.9 Å². The van der Waals surface area contributed by atoms with Crippen LogP contribution in [0, 0.1) is 0 Å². The molecule has 0 aromatic carbocycles. The van der Waals surface area contributed by atoms with Crippen molar-refractivity contribution in [3.8, 4) is 5.88 Å². The fourth-order valence-electron chi connectivity index (χ4n) is 1.51. The molecule has 4 nitrogen and oxygen atoms in total. The van der Waals surface area contributed by atoms with Crippen LogP contribution in [-0.2, 0) is 6.54 Å². The standard InChI is InChI=1S/C13H23N3O/c1-10(2)15-8-11(3)16-9-12-6-5-7-14-13(12)17-4/h5-7,10-11,15-16H,8-9H2,1-4H3. The molecular formula is C13H23N3O. The first kappa shape index (κ1) is 13.9. The Morgan fingerprint density at radius 2 is 2.06 bits per heavy atom. The van der Waals surface area contributed by atoms with Crippen LogP contribution in [-0.4, -0.2) is 30.7 Å². The summed E-state index contributed by atoms with van der Waals surface area (Å²) in [4.78, 5) is 4.17. The Labute approximate surface area is 104 Å². The number of nitrogens with zero attached hydrogens (tertiary/aromatic N) is 1. The van der Waals surface area contributed by atoms with E-state index in [9.17, 15) is 0 Å². The highest BCUT2D eigenvalue weighted by Crippen LogP contribution is 2.12. The lowest BCUT2D eigenvalue weighted by Crippen LogP contribution is -2.38. The van der Waals surface area contributed by atoms with Crippen LogP contribution < -0.4 is 15.4 Å². The van der Waals surface area contributed by atoms with Gasteiger partial charge in [-0.15, -0.1) is 0 Å². The van der Waals surface area contributed by atoms with E-state index in [0.29, 0.717) is 18.0 Å². The second-order valence-electron chi connectivity index (χ2n) is 4.52. The SMILES string of the molecule is COc1ncccc1CNC(C)CNC(C)C. The number of pyridine rings is 1. The summed E-state index contributed by atoms with van der Waals surface area (Å²) in [5, 5.41) is 6.85. The van der Waals surface area contributed by atoms with E-state index in [1.165, 1.54) is 0 Å². The Balaban J connectivity index is 2.39. The van der Waals surface area contributed by atoms with E-state index < -0.39 is 0 Å². The minimum atomic E-state index is 0.419. The third-order valence-corrected chi connectivity index (χ3v) is 2.52. The maximum absolute atomic E-state index is 5.21. The molecule has 0 aliphatic heterocycles. The molecule has 1 atom stereocenters. The molecule has 1 aromatic rings. The van der Waals surface area contributed by atoms with Gasteiger partial charge in [-0.25, -0.2) is 4.98 Å². The molecule has 96 valence electrons. The number of aromatic nitrogens is 1. The molecular weight excluding hydrogens is 214 g/mol. The van der Waals surface area contributed by atoms with Crippen molar-refractivity contribution in [1.29, 1.82) is 0 Å². The molecule has 1 rings (SSSR count). The average molecular weight is 237 g/mol. The summed E-state index contributed by atoms with van der Waals surface area (Å²) in [6.45, 7) is 8.20. The van der Waals surface area contributed by atoms with Crippen LogP contribution in [0.2, 0.25) is 0 Å². The van der Waals surface area contributed by atoms with Crippen LogP contribution in [0.1, 0.15) is 26.3 Å². The monoisotopic (exact) mass is 237 g/mol. The molecule has 0 saturated carbocycles. The third-order valence-electron chi connectivity index (χ3n) is 2.52. The van der Waals surface area contributed by atoms with Gasteiger partial charge in [0.25, 0.3) is 0 Å². The fraction of sp³-hybridized carbons (Fsp3) is 0.615. The van der Waals surface area contributed by atoms with E-state index in [1.807, 2.05) is 12.1 Å². The summed E-state index contributed by atoms with van der Waals surface area (Å²) in [7, 11) is 1.65. The van der Waals surface area contributed by atoms with E-state index in [-0.39, 0.29) is 0 Å². The van der Waals surface area contributed by atoms with Crippen LogP contribution >= 0.6 is 0 Å². The van der Waals surface area contributed by atoms with E-state index >= 15 is 0 Å². The highest BCUT2D eigenvalue weighted by atomic mass is 16.5. The number of rotatable bonds is 7. The van der Waals surface area contributed by atoms with Crippen LogP contribution in [0.15, 0.2) is 18.3 Å². The molecule has 1 unspecified atom stereocenters. The van der Waals surface area contributed by atoms with Crippen molar-refractivity contribution >= 4 is 0 Å². The first-order valence-corrected chi connectivity index (χ1v) is 6.08. The van der Waals surface area contributed by atoms with Crippen molar-refractivity contribution in [3.05, 3.63) is 23.9 Å². The largest absolute Gasteiger partial charge is 0.481 e. The number of hydrogen-bond donors (Lipinski definition) is 2. The van der Waals surface area contributed by atoms with Gasteiger partial charge in [-0.3, -0.25) is 0 Å². The molecule has 1 heterocycles. The van der Waals surface area contributed by atoms with Crippen LogP contribution in [0.4, 0.5) is 0 Å². The summed E-state index contributed by atoms with van der Waals surface area (Å²) in [5.74, 6) is 0.698. The molecule has 0 aliphatic rings. The lowest BCUT2D eigenvalue weighted by atomic mass is 10.2. The average Bonchev–Trinajstić information content (AvgIpc) is 2.34. The van der Waals surface area contributed by atoms with E-state index in [1.54, 1.807) is 13.3 Å². The maximum atomic E-state index is 5.21. The van der Waals surface area contributed by atoms with Crippen LogP contribution in [0.25, 0.3) is 0 Å². The number of methoxy groups -OCH3 is 1. The maximum Gasteiger partial charge on any atom is 0.217 e. The quantitative estimate of drug-likeness (QED) is 0.755. The van der Waals surface area contributed by atoms with Gasteiger partial charge in [-0.05, 0) is 13.0 Å². The van der Waals surface area contributed by atoms with E-state index in [0.717, 1.165) is 18.7 Å². The first-order valence-electron chi connectivity index (χ1n) is 6.08. The van der Waals surface area contributed by atoms with Crippen molar-refractivity contribution in [1.82, 2.24) is 15.6 Å². The number of nitrogens with one attached hydrogen (secondary N) is 2. The number of ether oxygens (including phenoxy) is 1. The summed E-state index contributed by atoms with van der Waals surface area (Å²) >= 11 is 0. The molecule has 0 radical (unpaired) electrons. The topological polar surface area (TPSA) is 46.2 Å². The zero-order chi connectivity index (χ0) is 12.7. The molecule has 17 heavy (non-hydrogen) atoms. The Bertz CT molecular complexity index is 328. The smallest absolute Gasteiger partial charge is 0.217 e. The molecule has 0 aliphatic carbocycles. The van der Waals surface area contributed by atoms with Crippen molar-refractivity contribution in [3.63, 3.8) is 0 Å². The Hall–Kier alpha value is -1.13. The lowest BCUT2D eigenvalue weighted by Gasteiger charge is -2.17. The highest BCUT2D eigenvalue weighted by Gasteiger charge is 2.06. The van der Waals surface area contributed by atoms with Crippen molar-refractivity contribution < 1.29 is 4.74 Å². The molecule has 0 bridgehead atoms. The zero-order valence-corrected chi connectivity index (χ0v) is 11.2. The molecule has 0 saturated heterocycles. The molecule has 0 spiro atoms. The summed E-state index contributed by atoms with van der Waals surface area (Å²) < 4.78 is 5.21.